The summed E-state index contributed by atoms with van der Waals surface area (Å²) < 4.78 is 5.67. The van der Waals surface area contributed by atoms with Crippen LogP contribution in [0.1, 0.15) is 54.3 Å². The molecule has 2 aromatic rings. The third-order valence-electron chi connectivity index (χ3n) is 6.06. The topological polar surface area (TPSA) is 82.8 Å². The molecular weight excluding hydrogens is 356 g/mol. The van der Waals surface area contributed by atoms with Gasteiger partial charge >= 0.3 is 5.97 Å². The van der Waals surface area contributed by atoms with E-state index in [-0.39, 0.29) is 17.9 Å². The maximum absolute atomic E-state index is 12.8. The molecule has 28 heavy (non-hydrogen) atoms. The summed E-state index contributed by atoms with van der Waals surface area (Å²) in [6, 6.07) is 10.5. The molecule has 1 atom stereocenters. The number of furan rings is 1. The third kappa shape index (κ3) is 3.63. The Morgan fingerprint density at radius 1 is 1.18 bits per heavy atom. The smallest absolute Gasteiger partial charge is 0.306 e. The molecule has 1 aliphatic carbocycles. The second kappa shape index (κ2) is 7.70. The van der Waals surface area contributed by atoms with Crippen molar-refractivity contribution in [3.8, 4) is 0 Å². The Hall–Kier alpha value is -2.76. The van der Waals surface area contributed by atoms with Gasteiger partial charge in [-0.05, 0) is 56.7 Å². The molecule has 0 spiro atoms. The molecule has 0 radical (unpaired) electrons. The minimum Gasteiger partial charge on any atom is -0.481 e. The summed E-state index contributed by atoms with van der Waals surface area (Å²) in [5.41, 5.74) is 3.09. The van der Waals surface area contributed by atoms with Crippen molar-refractivity contribution in [2.24, 2.45) is 5.92 Å². The summed E-state index contributed by atoms with van der Waals surface area (Å²) in [6.45, 7) is 2.74. The Morgan fingerprint density at radius 3 is 2.68 bits per heavy atom. The quantitative estimate of drug-likeness (QED) is 0.826. The first-order chi connectivity index (χ1) is 13.5. The van der Waals surface area contributed by atoms with Crippen LogP contribution in [0.5, 0.6) is 0 Å². The molecule has 148 valence electrons. The molecule has 6 nitrogen and oxygen atoms in total. The van der Waals surface area contributed by atoms with Crippen LogP contribution in [0, 0.1) is 5.92 Å². The fourth-order valence-corrected chi connectivity index (χ4v) is 4.44. The summed E-state index contributed by atoms with van der Waals surface area (Å²) in [4.78, 5) is 26.2. The maximum atomic E-state index is 12.8. The van der Waals surface area contributed by atoms with Crippen molar-refractivity contribution < 1.29 is 19.1 Å². The summed E-state index contributed by atoms with van der Waals surface area (Å²) in [5, 5.41) is 12.2. The molecule has 6 heteroatoms. The number of anilines is 1. The summed E-state index contributed by atoms with van der Waals surface area (Å²) >= 11 is 0. The van der Waals surface area contributed by atoms with E-state index in [1.54, 1.807) is 12.3 Å². The summed E-state index contributed by atoms with van der Waals surface area (Å²) in [6.07, 6.45) is 5.18. The molecule has 4 rings (SSSR count). The van der Waals surface area contributed by atoms with Crippen molar-refractivity contribution in [1.29, 1.82) is 0 Å². The minimum atomic E-state index is -0.734. The predicted octanol–water partition coefficient (Wildman–Crippen LogP) is 3.60. The van der Waals surface area contributed by atoms with Crippen molar-refractivity contribution in [1.82, 2.24) is 5.32 Å². The lowest BCUT2D eigenvalue weighted by molar-refractivity contribution is -0.142. The highest BCUT2D eigenvalue weighted by Crippen LogP contribution is 2.33. The number of carbonyl (C=O) groups excluding carboxylic acids is 1. The van der Waals surface area contributed by atoms with Gasteiger partial charge < -0.3 is 19.7 Å². The number of hydrogen-bond donors (Lipinski definition) is 2. The third-order valence-corrected chi connectivity index (χ3v) is 6.06. The summed E-state index contributed by atoms with van der Waals surface area (Å²) in [5.74, 6) is -0.487. The van der Waals surface area contributed by atoms with E-state index >= 15 is 0 Å². The average molecular weight is 382 g/mol. The van der Waals surface area contributed by atoms with Gasteiger partial charge in [-0.2, -0.15) is 0 Å². The van der Waals surface area contributed by atoms with Crippen LogP contribution in [0.4, 0.5) is 5.69 Å². The Morgan fingerprint density at radius 2 is 1.93 bits per heavy atom. The van der Waals surface area contributed by atoms with Crippen LogP contribution >= 0.6 is 0 Å². The van der Waals surface area contributed by atoms with Crippen LogP contribution < -0.4 is 10.2 Å². The molecule has 1 aromatic heterocycles. The SMILES string of the molecule is CC1Cc2ccccc2N1Cc1occc1C(=O)NC1CCC(C(=O)O)CC1. The second-order valence-corrected chi connectivity index (χ2v) is 7.93. The Balaban J connectivity index is 1.42. The largest absolute Gasteiger partial charge is 0.481 e. The van der Waals surface area contributed by atoms with Crippen LogP contribution in [0.25, 0.3) is 0 Å². The van der Waals surface area contributed by atoms with Crippen molar-refractivity contribution in [2.75, 3.05) is 4.90 Å². The van der Waals surface area contributed by atoms with Gasteiger partial charge in [0.2, 0.25) is 0 Å². The van der Waals surface area contributed by atoms with Crippen molar-refractivity contribution >= 4 is 17.6 Å². The minimum absolute atomic E-state index is 0.0253. The van der Waals surface area contributed by atoms with Crippen LogP contribution in [-0.4, -0.2) is 29.1 Å². The average Bonchev–Trinajstić information content (AvgIpc) is 3.27. The Bertz CT molecular complexity index is 867. The highest BCUT2D eigenvalue weighted by Gasteiger charge is 2.30. The number of carbonyl (C=O) groups is 2. The van der Waals surface area contributed by atoms with Crippen LogP contribution in [0.3, 0.4) is 0 Å². The molecule has 2 N–H and O–H groups in total. The standard InChI is InChI=1S/C22H26N2O4/c1-14-12-16-4-2-3-5-19(16)24(14)13-20-18(10-11-28-20)21(25)23-17-8-6-15(7-9-17)22(26)27/h2-5,10-11,14-15,17H,6-9,12-13H2,1H3,(H,23,25)(H,26,27). The van der Waals surface area contributed by atoms with E-state index < -0.39 is 5.97 Å². The first-order valence-electron chi connectivity index (χ1n) is 9.97. The molecule has 1 saturated carbocycles. The number of benzene rings is 1. The fourth-order valence-electron chi connectivity index (χ4n) is 4.44. The zero-order valence-electron chi connectivity index (χ0n) is 16.1. The molecule has 1 amide bonds. The van der Waals surface area contributed by atoms with Gasteiger partial charge in [-0.15, -0.1) is 0 Å². The lowest BCUT2D eigenvalue weighted by Gasteiger charge is -2.27. The van der Waals surface area contributed by atoms with Crippen molar-refractivity contribution in [3.63, 3.8) is 0 Å². The molecule has 1 fully saturated rings. The number of nitrogens with zero attached hydrogens (tertiary/aromatic N) is 1. The summed E-state index contributed by atoms with van der Waals surface area (Å²) in [7, 11) is 0. The molecule has 1 unspecified atom stereocenters. The highest BCUT2D eigenvalue weighted by molar-refractivity contribution is 5.95. The maximum Gasteiger partial charge on any atom is 0.306 e. The molecule has 0 bridgehead atoms. The zero-order valence-corrected chi connectivity index (χ0v) is 16.1. The normalized spacial score (nSPS) is 24.0. The van der Waals surface area contributed by atoms with Gasteiger partial charge in [-0.3, -0.25) is 9.59 Å². The molecule has 1 aromatic carbocycles. The van der Waals surface area contributed by atoms with E-state index in [1.165, 1.54) is 11.3 Å². The lowest BCUT2D eigenvalue weighted by atomic mass is 9.86. The second-order valence-electron chi connectivity index (χ2n) is 7.93. The number of carboxylic acids is 1. The van der Waals surface area contributed by atoms with Crippen LogP contribution in [-0.2, 0) is 17.8 Å². The predicted molar refractivity (Wildman–Crippen MR) is 105 cm³/mol. The first kappa shape index (κ1) is 18.6. The number of carboxylic acid groups (broad SMARTS) is 1. The highest BCUT2D eigenvalue weighted by atomic mass is 16.4. The van der Waals surface area contributed by atoms with Crippen molar-refractivity contribution in [2.45, 2.75) is 57.7 Å². The molecular formula is C22H26N2O4. The van der Waals surface area contributed by atoms with Gasteiger partial charge in [0.05, 0.1) is 24.3 Å². The molecule has 1 aliphatic heterocycles. The number of aliphatic carboxylic acids is 1. The van der Waals surface area contributed by atoms with E-state index in [9.17, 15) is 9.59 Å². The van der Waals surface area contributed by atoms with E-state index in [0.717, 1.165) is 6.42 Å². The molecule has 2 heterocycles. The first-order valence-corrected chi connectivity index (χ1v) is 9.97. The zero-order chi connectivity index (χ0) is 19.7. The van der Waals surface area contributed by atoms with E-state index in [1.807, 2.05) is 6.07 Å². The molecule has 0 saturated heterocycles. The fraction of sp³-hybridized carbons (Fsp3) is 0.455. The van der Waals surface area contributed by atoms with Crippen LogP contribution in [0.15, 0.2) is 41.0 Å². The van der Waals surface area contributed by atoms with Crippen LogP contribution in [0.2, 0.25) is 0 Å². The number of nitrogens with one attached hydrogen (secondary N) is 1. The monoisotopic (exact) mass is 382 g/mol. The van der Waals surface area contributed by atoms with Gasteiger partial charge in [-0.1, -0.05) is 18.2 Å². The number of fused-ring (bicyclic) bond motifs is 1. The number of hydrogen-bond acceptors (Lipinski definition) is 4. The number of rotatable bonds is 5. The number of amides is 1. The molecule has 2 aliphatic rings. The van der Waals surface area contributed by atoms with Gasteiger partial charge in [0.25, 0.3) is 5.91 Å². The van der Waals surface area contributed by atoms with Gasteiger partial charge in [0.1, 0.15) is 5.76 Å². The van der Waals surface area contributed by atoms with Crippen molar-refractivity contribution in [3.05, 3.63) is 53.5 Å². The Kier molecular flexibility index (Phi) is 5.11. The van der Waals surface area contributed by atoms with Gasteiger partial charge in [0.15, 0.2) is 0 Å². The van der Waals surface area contributed by atoms with Gasteiger partial charge in [-0.25, -0.2) is 0 Å². The van der Waals surface area contributed by atoms with E-state index in [0.29, 0.717) is 49.6 Å². The lowest BCUT2D eigenvalue weighted by Crippen LogP contribution is -2.39. The van der Waals surface area contributed by atoms with E-state index in [4.69, 9.17) is 9.52 Å². The van der Waals surface area contributed by atoms with E-state index in [2.05, 4.69) is 35.3 Å². The number of para-hydroxylation sites is 1. The van der Waals surface area contributed by atoms with Gasteiger partial charge in [0, 0.05) is 17.8 Å². The Labute approximate surface area is 164 Å².